The highest BCUT2D eigenvalue weighted by molar-refractivity contribution is 8.00. The van der Waals surface area contributed by atoms with Gasteiger partial charge in [0.15, 0.2) is 16.6 Å². The molecule has 0 aliphatic carbocycles. The molecule has 4 aromatic rings. The van der Waals surface area contributed by atoms with E-state index < -0.39 is 0 Å². The zero-order valence-corrected chi connectivity index (χ0v) is 22.5. The number of carbonyl (C=O) groups excluding carboxylic acids is 2. The Bertz CT molecular complexity index is 1420. The molecule has 0 fully saturated rings. The first kappa shape index (κ1) is 26.2. The van der Waals surface area contributed by atoms with Crippen LogP contribution in [-0.2, 0) is 4.79 Å². The minimum absolute atomic E-state index is 0.160. The minimum Gasteiger partial charge on any atom is -0.493 e. The van der Waals surface area contributed by atoms with E-state index in [1.165, 1.54) is 23.1 Å². The average molecular weight is 534 g/mol. The van der Waals surface area contributed by atoms with Gasteiger partial charge in [0.2, 0.25) is 5.91 Å². The van der Waals surface area contributed by atoms with Crippen LogP contribution >= 0.6 is 23.1 Å². The van der Waals surface area contributed by atoms with Gasteiger partial charge in [-0.15, -0.1) is 23.1 Å². The Morgan fingerprint density at radius 2 is 1.73 bits per heavy atom. The Balaban J connectivity index is 1.37. The molecule has 0 saturated carbocycles. The Hall–Kier alpha value is -3.82. The second kappa shape index (κ2) is 11.9. The summed E-state index contributed by atoms with van der Waals surface area (Å²) in [4.78, 5) is 30.9. The third kappa shape index (κ3) is 6.69. The summed E-state index contributed by atoms with van der Waals surface area (Å²) >= 11 is 2.76. The Labute approximate surface area is 224 Å². The van der Waals surface area contributed by atoms with Gasteiger partial charge in [0, 0.05) is 27.1 Å². The molecule has 0 radical (unpaired) electrons. The molecule has 3 aromatic carbocycles. The summed E-state index contributed by atoms with van der Waals surface area (Å²) in [6, 6.07) is 20.5. The molecule has 0 bridgehead atoms. The number of thiazole rings is 1. The van der Waals surface area contributed by atoms with Gasteiger partial charge in [-0.05, 0) is 62.4 Å². The fraction of sp³-hybridized carbons (Fsp3) is 0.179. The van der Waals surface area contributed by atoms with E-state index in [0.717, 1.165) is 21.7 Å². The van der Waals surface area contributed by atoms with Gasteiger partial charge in [0.05, 0.1) is 25.2 Å². The summed E-state index contributed by atoms with van der Waals surface area (Å²) < 4.78 is 10.7. The summed E-state index contributed by atoms with van der Waals surface area (Å²) in [7, 11) is 3.17. The number of thioether (sulfide) groups is 1. The van der Waals surface area contributed by atoms with Crippen LogP contribution in [0.3, 0.4) is 0 Å². The van der Waals surface area contributed by atoms with E-state index >= 15 is 0 Å². The maximum Gasteiger partial charge on any atom is 0.255 e. The zero-order valence-electron chi connectivity index (χ0n) is 20.9. The van der Waals surface area contributed by atoms with Crippen molar-refractivity contribution < 1.29 is 19.1 Å². The lowest BCUT2D eigenvalue weighted by Gasteiger charge is -2.12. The summed E-state index contributed by atoms with van der Waals surface area (Å²) in [5, 5.41) is 7.84. The molecular weight excluding hydrogens is 506 g/mol. The molecule has 1 unspecified atom stereocenters. The van der Waals surface area contributed by atoms with Crippen LogP contribution in [0.2, 0.25) is 0 Å². The molecule has 1 aromatic heterocycles. The molecule has 0 spiro atoms. The molecule has 1 atom stereocenters. The number of amides is 2. The first-order valence-corrected chi connectivity index (χ1v) is 13.3. The predicted molar refractivity (Wildman–Crippen MR) is 150 cm³/mol. The third-order valence-electron chi connectivity index (χ3n) is 5.47. The zero-order chi connectivity index (χ0) is 26.4. The Kier molecular flexibility index (Phi) is 8.47. The summed E-state index contributed by atoms with van der Waals surface area (Å²) in [6.07, 6.45) is 0. The Morgan fingerprint density at radius 3 is 2.49 bits per heavy atom. The van der Waals surface area contributed by atoms with Crippen molar-refractivity contribution in [3.63, 3.8) is 0 Å². The molecular formula is C28H27N3O4S2. The molecule has 4 rings (SSSR count). The van der Waals surface area contributed by atoms with Crippen LogP contribution < -0.4 is 20.1 Å². The van der Waals surface area contributed by atoms with Crippen molar-refractivity contribution in [2.45, 2.75) is 24.0 Å². The maximum atomic E-state index is 12.9. The van der Waals surface area contributed by atoms with Crippen LogP contribution in [0.15, 0.2) is 77.0 Å². The van der Waals surface area contributed by atoms with Crippen LogP contribution in [0.4, 0.5) is 10.8 Å². The predicted octanol–water partition coefficient (Wildman–Crippen LogP) is 6.51. The highest BCUT2D eigenvalue weighted by atomic mass is 32.2. The number of ether oxygens (including phenoxy) is 2. The lowest BCUT2D eigenvalue weighted by molar-refractivity contribution is -0.115. The van der Waals surface area contributed by atoms with Crippen LogP contribution in [0, 0.1) is 6.92 Å². The SMILES string of the molecule is COc1ccc(-c2csc(NC(=O)C(C)Sc3cccc(NC(=O)c4cccc(C)c4)c3)n2)cc1OC. The van der Waals surface area contributed by atoms with Gasteiger partial charge < -0.3 is 20.1 Å². The van der Waals surface area contributed by atoms with E-state index in [0.29, 0.717) is 27.9 Å². The van der Waals surface area contributed by atoms with Crippen molar-refractivity contribution in [3.8, 4) is 22.8 Å². The molecule has 190 valence electrons. The number of methoxy groups -OCH3 is 2. The lowest BCUT2D eigenvalue weighted by Crippen LogP contribution is -2.22. The number of nitrogens with one attached hydrogen (secondary N) is 2. The van der Waals surface area contributed by atoms with Gasteiger partial charge in [0.25, 0.3) is 5.91 Å². The fourth-order valence-corrected chi connectivity index (χ4v) is 5.21. The van der Waals surface area contributed by atoms with Crippen molar-refractivity contribution in [2.75, 3.05) is 24.9 Å². The van der Waals surface area contributed by atoms with Crippen LogP contribution in [0.5, 0.6) is 11.5 Å². The smallest absolute Gasteiger partial charge is 0.255 e. The maximum absolute atomic E-state index is 12.9. The number of carbonyl (C=O) groups is 2. The van der Waals surface area contributed by atoms with E-state index in [1.807, 2.05) is 79.9 Å². The average Bonchev–Trinajstić information content (AvgIpc) is 3.36. The highest BCUT2D eigenvalue weighted by Crippen LogP contribution is 2.34. The van der Waals surface area contributed by atoms with Crippen LogP contribution in [0.25, 0.3) is 11.3 Å². The van der Waals surface area contributed by atoms with E-state index in [9.17, 15) is 9.59 Å². The fourth-order valence-electron chi connectivity index (χ4n) is 3.56. The number of aryl methyl sites for hydroxylation is 1. The largest absolute Gasteiger partial charge is 0.493 e. The molecule has 0 aliphatic rings. The molecule has 37 heavy (non-hydrogen) atoms. The van der Waals surface area contributed by atoms with Crippen molar-refractivity contribution in [3.05, 3.63) is 83.2 Å². The second-order valence-corrected chi connectivity index (χ2v) is 10.5. The molecule has 7 nitrogen and oxygen atoms in total. The first-order valence-electron chi connectivity index (χ1n) is 11.5. The summed E-state index contributed by atoms with van der Waals surface area (Å²) in [6.45, 7) is 3.78. The summed E-state index contributed by atoms with van der Waals surface area (Å²) in [5.74, 6) is 0.915. The number of nitrogens with zero attached hydrogens (tertiary/aromatic N) is 1. The number of hydrogen-bond donors (Lipinski definition) is 2. The second-order valence-electron chi connectivity index (χ2n) is 8.21. The topological polar surface area (TPSA) is 89.6 Å². The quantitative estimate of drug-likeness (QED) is 0.239. The third-order valence-corrected chi connectivity index (χ3v) is 7.32. The van der Waals surface area contributed by atoms with Gasteiger partial charge in [-0.25, -0.2) is 4.98 Å². The Morgan fingerprint density at radius 1 is 0.946 bits per heavy atom. The van der Waals surface area contributed by atoms with Crippen molar-refractivity contribution >= 4 is 45.7 Å². The van der Waals surface area contributed by atoms with Crippen LogP contribution in [0.1, 0.15) is 22.8 Å². The van der Waals surface area contributed by atoms with Gasteiger partial charge in [-0.3, -0.25) is 9.59 Å². The van der Waals surface area contributed by atoms with E-state index in [-0.39, 0.29) is 17.1 Å². The summed E-state index contributed by atoms with van der Waals surface area (Å²) in [5.41, 5.74) is 3.89. The molecule has 1 heterocycles. The number of aromatic nitrogens is 1. The lowest BCUT2D eigenvalue weighted by atomic mass is 10.1. The molecule has 0 saturated heterocycles. The van der Waals surface area contributed by atoms with E-state index in [1.54, 1.807) is 20.3 Å². The first-order chi connectivity index (χ1) is 17.9. The normalized spacial score (nSPS) is 11.5. The number of rotatable bonds is 9. The molecule has 2 amide bonds. The van der Waals surface area contributed by atoms with E-state index in [2.05, 4.69) is 15.6 Å². The minimum atomic E-state index is -0.379. The van der Waals surface area contributed by atoms with Crippen molar-refractivity contribution in [2.24, 2.45) is 0 Å². The number of benzene rings is 3. The molecule has 0 aliphatic heterocycles. The standard InChI is InChI=1S/C28H27N3O4S2/c1-17-7-5-8-20(13-17)27(33)29-21-9-6-10-22(15-21)37-18(2)26(32)31-28-30-23(16-36-28)19-11-12-24(34-3)25(14-19)35-4/h5-16,18H,1-4H3,(H,29,33)(H,30,31,32). The van der Waals surface area contributed by atoms with Gasteiger partial charge in [0.1, 0.15) is 0 Å². The molecule has 2 N–H and O–H groups in total. The monoisotopic (exact) mass is 533 g/mol. The van der Waals surface area contributed by atoms with Gasteiger partial charge >= 0.3 is 0 Å². The van der Waals surface area contributed by atoms with Crippen LogP contribution in [-0.4, -0.2) is 36.3 Å². The van der Waals surface area contributed by atoms with E-state index in [4.69, 9.17) is 9.47 Å². The highest BCUT2D eigenvalue weighted by Gasteiger charge is 2.17. The molecule has 9 heteroatoms. The number of hydrogen-bond acceptors (Lipinski definition) is 7. The van der Waals surface area contributed by atoms with Gasteiger partial charge in [-0.2, -0.15) is 0 Å². The number of anilines is 2. The van der Waals surface area contributed by atoms with Crippen molar-refractivity contribution in [1.82, 2.24) is 4.98 Å². The van der Waals surface area contributed by atoms with Crippen molar-refractivity contribution in [1.29, 1.82) is 0 Å². The van der Waals surface area contributed by atoms with Gasteiger partial charge in [-0.1, -0.05) is 23.8 Å².